The highest BCUT2D eigenvalue weighted by molar-refractivity contribution is 5.94. The molecule has 0 aliphatic carbocycles. The van der Waals surface area contributed by atoms with Gasteiger partial charge in [0.2, 0.25) is 0 Å². The van der Waals surface area contributed by atoms with Gasteiger partial charge in [0.25, 0.3) is 5.91 Å². The smallest absolute Gasteiger partial charge is 0.251 e. The summed E-state index contributed by atoms with van der Waals surface area (Å²) in [6.45, 7) is 2.56. The van der Waals surface area contributed by atoms with Gasteiger partial charge < -0.3 is 14.8 Å². The van der Waals surface area contributed by atoms with Gasteiger partial charge in [-0.1, -0.05) is 25.1 Å². The molecular formula is C18H21NO3. The highest BCUT2D eigenvalue weighted by atomic mass is 16.5. The van der Waals surface area contributed by atoms with Gasteiger partial charge in [-0.05, 0) is 41.8 Å². The second-order valence-electron chi connectivity index (χ2n) is 4.91. The molecule has 0 aliphatic heterocycles. The van der Waals surface area contributed by atoms with Crippen LogP contribution in [0.1, 0.15) is 28.4 Å². The molecule has 4 nitrogen and oxygen atoms in total. The van der Waals surface area contributed by atoms with Crippen molar-refractivity contribution in [1.29, 1.82) is 0 Å². The van der Waals surface area contributed by atoms with E-state index in [0.29, 0.717) is 17.9 Å². The molecule has 116 valence electrons. The van der Waals surface area contributed by atoms with Crippen molar-refractivity contribution in [3.8, 4) is 11.5 Å². The number of ether oxygens (including phenoxy) is 2. The first-order valence-corrected chi connectivity index (χ1v) is 7.26. The lowest BCUT2D eigenvalue weighted by molar-refractivity contribution is 0.0950. The molecule has 2 aromatic rings. The van der Waals surface area contributed by atoms with Crippen LogP contribution in [-0.2, 0) is 13.0 Å². The van der Waals surface area contributed by atoms with Gasteiger partial charge in [-0.25, -0.2) is 0 Å². The van der Waals surface area contributed by atoms with Crippen molar-refractivity contribution >= 4 is 5.91 Å². The number of carbonyl (C=O) groups is 1. The van der Waals surface area contributed by atoms with Crippen molar-refractivity contribution in [3.63, 3.8) is 0 Å². The molecule has 1 amide bonds. The summed E-state index contributed by atoms with van der Waals surface area (Å²) in [7, 11) is 3.25. The van der Waals surface area contributed by atoms with Gasteiger partial charge in [0.05, 0.1) is 14.2 Å². The summed E-state index contributed by atoms with van der Waals surface area (Å²) >= 11 is 0. The van der Waals surface area contributed by atoms with Crippen LogP contribution >= 0.6 is 0 Å². The predicted octanol–water partition coefficient (Wildman–Crippen LogP) is 3.20. The monoisotopic (exact) mass is 299 g/mol. The van der Waals surface area contributed by atoms with E-state index in [9.17, 15) is 4.79 Å². The second kappa shape index (κ2) is 7.50. The number of benzene rings is 2. The molecule has 0 aromatic heterocycles. The Balaban J connectivity index is 2.04. The maximum atomic E-state index is 12.2. The Labute approximate surface area is 131 Å². The molecule has 22 heavy (non-hydrogen) atoms. The van der Waals surface area contributed by atoms with E-state index in [-0.39, 0.29) is 5.91 Å². The van der Waals surface area contributed by atoms with Gasteiger partial charge in [-0.2, -0.15) is 0 Å². The molecule has 0 spiro atoms. The van der Waals surface area contributed by atoms with Crippen LogP contribution in [0.2, 0.25) is 0 Å². The van der Waals surface area contributed by atoms with E-state index in [2.05, 4.69) is 18.3 Å². The summed E-state index contributed by atoms with van der Waals surface area (Å²) in [6.07, 6.45) is 0.890. The Bertz CT molecular complexity index is 653. The van der Waals surface area contributed by atoms with Crippen LogP contribution in [-0.4, -0.2) is 20.1 Å². The molecule has 0 radical (unpaired) electrons. The SMILES string of the molecule is CCc1cc(CNC(=O)c2cccc(OC)c2)ccc1OC. The van der Waals surface area contributed by atoms with E-state index in [1.54, 1.807) is 32.4 Å². The minimum atomic E-state index is -0.118. The molecule has 0 aliphatic rings. The standard InChI is InChI=1S/C18H21NO3/c1-4-14-10-13(8-9-17(14)22-3)12-19-18(20)15-6-5-7-16(11-15)21-2/h5-11H,4,12H2,1-3H3,(H,19,20). The maximum absolute atomic E-state index is 12.2. The molecule has 0 fully saturated rings. The Kier molecular flexibility index (Phi) is 5.42. The van der Waals surface area contributed by atoms with Gasteiger partial charge in [0, 0.05) is 12.1 Å². The maximum Gasteiger partial charge on any atom is 0.251 e. The molecule has 0 bridgehead atoms. The topological polar surface area (TPSA) is 47.6 Å². The summed E-state index contributed by atoms with van der Waals surface area (Å²) in [5, 5.41) is 2.92. The highest BCUT2D eigenvalue weighted by Crippen LogP contribution is 2.20. The van der Waals surface area contributed by atoms with Crippen LogP contribution < -0.4 is 14.8 Å². The summed E-state index contributed by atoms with van der Waals surface area (Å²) in [6, 6.07) is 13.1. The lowest BCUT2D eigenvalue weighted by atomic mass is 10.1. The zero-order valence-corrected chi connectivity index (χ0v) is 13.2. The number of nitrogens with one attached hydrogen (secondary N) is 1. The summed E-state index contributed by atoms with van der Waals surface area (Å²) in [4.78, 5) is 12.2. The molecule has 2 aromatic carbocycles. The summed E-state index contributed by atoms with van der Waals surface area (Å²) in [5.41, 5.74) is 2.77. The van der Waals surface area contributed by atoms with Crippen LogP contribution in [0.25, 0.3) is 0 Å². The number of hydrogen-bond donors (Lipinski definition) is 1. The average molecular weight is 299 g/mol. The third kappa shape index (κ3) is 3.79. The van der Waals surface area contributed by atoms with Gasteiger partial charge in [0.1, 0.15) is 11.5 Å². The highest BCUT2D eigenvalue weighted by Gasteiger charge is 2.07. The fraction of sp³-hybridized carbons (Fsp3) is 0.278. The number of rotatable bonds is 6. The quantitative estimate of drug-likeness (QED) is 0.891. The molecule has 0 unspecified atom stereocenters. The van der Waals surface area contributed by atoms with Crippen LogP contribution in [0.5, 0.6) is 11.5 Å². The van der Waals surface area contributed by atoms with Gasteiger partial charge in [-0.15, -0.1) is 0 Å². The molecular weight excluding hydrogens is 278 g/mol. The minimum Gasteiger partial charge on any atom is -0.497 e. The first kappa shape index (κ1) is 15.9. The van der Waals surface area contributed by atoms with Gasteiger partial charge in [0.15, 0.2) is 0 Å². The number of aryl methyl sites for hydroxylation is 1. The van der Waals surface area contributed by atoms with Crippen molar-refractivity contribution < 1.29 is 14.3 Å². The second-order valence-corrected chi connectivity index (χ2v) is 4.91. The molecule has 1 N–H and O–H groups in total. The fourth-order valence-electron chi connectivity index (χ4n) is 2.27. The number of carbonyl (C=O) groups excluding carboxylic acids is 1. The van der Waals surface area contributed by atoms with Crippen LogP contribution in [0.4, 0.5) is 0 Å². The lowest BCUT2D eigenvalue weighted by Crippen LogP contribution is -2.22. The van der Waals surface area contributed by atoms with E-state index < -0.39 is 0 Å². The Hall–Kier alpha value is -2.49. The minimum absolute atomic E-state index is 0.118. The van der Waals surface area contributed by atoms with Crippen molar-refractivity contribution in [3.05, 3.63) is 59.2 Å². The van der Waals surface area contributed by atoms with Crippen LogP contribution in [0, 0.1) is 0 Å². The molecule has 0 saturated heterocycles. The van der Waals surface area contributed by atoms with Crippen molar-refractivity contribution in [2.75, 3.05) is 14.2 Å². The number of amides is 1. The first-order valence-electron chi connectivity index (χ1n) is 7.26. The van der Waals surface area contributed by atoms with Gasteiger partial charge >= 0.3 is 0 Å². The first-order chi connectivity index (χ1) is 10.7. The third-order valence-electron chi connectivity index (χ3n) is 3.51. The van der Waals surface area contributed by atoms with E-state index in [4.69, 9.17) is 9.47 Å². The zero-order valence-electron chi connectivity index (χ0n) is 13.2. The van der Waals surface area contributed by atoms with E-state index in [1.807, 2.05) is 18.2 Å². The van der Waals surface area contributed by atoms with Crippen molar-refractivity contribution in [1.82, 2.24) is 5.32 Å². The zero-order chi connectivity index (χ0) is 15.9. The third-order valence-corrected chi connectivity index (χ3v) is 3.51. The number of hydrogen-bond acceptors (Lipinski definition) is 3. The average Bonchev–Trinajstić information content (AvgIpc) is 2.59. The Morgan fingerprint density at radius 3 is 2.59 bits per heavy atom. The molecule has 4 heteroatoms. The van der Waals surface area contributed by atoms with E-state index in [0.717, 1.165) is 23.3 Å². The molecule has 0 atom stereocenters. The summed E-state index contributed by atoms with van der Waals surface area (Å²) < 4.78 is 10.4. The largest absolute Gasteiger partial charge is 0.497 e. The molecule has 2 rings (SSSR count). The Morgan fingerprint density at radius 1 is 1.09 bits per heavy atom. The normalized spacial score (nSPS) is 10.1. The van der Waals surface area contributed by atoms with Crippen molar-refractivity contribution in [2.24, 2.45) is 0 Å². The number of methoxy groups -OCH3 is 2. The van der Waals surface area contributed by atoms with Crippen molar-refractivity contribution in [2.45, 2.75) is 19.9 Å². The van der Waals surface area contributed by atoms with Gasteiger partial charge in [-0.3, -0.25) is 4.79 Å². The van der Waals surface area contributed by atoms with E-state index >= 15 is 0 Å². The lowest BCUT2D eigenvalue weighted by Gasteiger charge is -2.10. The summed E-state index contributed by atoms with van der Waals surface area (Å²) in [5.74, 6) is 1.43. The molecule has 0 saturated carbocycles. The van der Waals surface area contributed by atoms with Crippen LogP contribution in [0.15, 0.2) is 42.5 Å². The Morgan fingerprint density at radius 2 is 1.91 bits per heavy atom. The van der Waals surface area contributed by atoms with E-state index in [1.165, 1.54) is 0 Å². The predicted molar refractivity (Wildman–Crippen MR) is 86.5 cm³/mol. The molecule has 0 heterocycles. The van der Waals surface area contributed by atoms with Crippen LogP contribution in [0.3, 0.4) is 0 Å². The fourth-order valence-corrected chi connectivity index (χ4v) is 2.27.